The molecule has 0 saturated carbocycles. The number of thiazole rings is 1. The van der Waals surface area contributed by atoms with Crippen LogP contribution >= 0.6 is 11.3 Å². The number of nitrogens with zero attached hydrogens (tertiary/aromatic N) is 7. The van der Waals surface area contributed by atoms with Crippen LogP contribution in [0.1, 0.15) is 18.5 Å². The topological polar surface area (TPSA) is 65.9 Å². The van der Waals surface area contributed by atoms with E-state index in [1.807, 2.05) is 12.4 Å². The zero-order chi connectivity index (χ0) is 25.4. The van der Waals surface area contributed by atoms with Crippen LogP contribution in [-0.2, 0) is 13.0 Å². The molecule has 0 aliphatic carbocycles. The van der Waals surface area contributed by atoms with Crippen molar-refractivity contribution >= 4 is 33.6 Å². The minimum Gasteiger partial charge on any atom is -0.448 e. The van der Waals surface area contributed by atoms with Crippen LogP contribution in [0.2, 0.25) is 0 Å². The molecule has 0 amide bonds. The molecule has 1 aliphatic rings. The summed E-state index contributed by atoms with van der Waals surface area (Å²) in [7, 11) is 2.03. The molecular weight excluding hydrogens is 489 g/mol. The maximum absolute atomic E-state index is 13.4. The maximum atomic E-state index is 13.4. The second-order valence-corrected chi connectivity index (χ2v) is 9.96. The van der Waals surface area contributed by atoms with E-state index in [-0.39, 0.29) is 5.82 Å². The summed E-state index contributed by atoms with van der Waals surface area (Å²) in [5, 5.41) is 2.87. The molecule has 1 aliphatic heterocycles. The van der Waals surface area contributed by atoms with Crippen molar-refractivity contribution in [1.82, 2.24) is 24.3 Å². The molecule has 8 nitrogen and oxygen atoms in total. The van der Waals surface area contributed by atoms with Gasteiger partial charge in [0.25, 0.3) is 0 Å². The van der Waals surface area contributed by atoms with Crippen LogP contribution in [0.25, 0.3) is 16.9 Å². The first-order chi connectivity index (χ1) is 18.1. The summed E-state index contributed by atoms with van der Waals surface area (Å²) in [6, 6.07) is 10.7. The molecule has 1 saturated heterocycles. The normalized spacial score (nSPS) is 14.5. The number of hydrogen-bond acceptors (Lipinski definition) is 8. The summed E-state index contributed by atoms with van der Waals surface area (Å²) in [6.07, 6.45) is 6.32. The molecule has 10 heteroatoms. The first kappa shape index (κ1) is 23.6. The smallest absolute Gasteiger partial charge is 0.208 e. The molecule has 0 bridgehead atoms. The van der Waals surface area contributed by atoms with Crippen LogP contribution in [0.4, 0.5) is 21.0 Å². The van der Waals surface area contributed by atoms with E-state index >= 15 is 0 Å². The Labute approximate surface area is 218 Å². The third-order valence-electron chi connectivity index (χ3n) is 6.80. The lowest BCUT2D eigenvalue weighted by Gasteiger charge is -2.35. The van der Waals surface area contributed by atoms with Crippen LogP contribution in [0.3, 0.4) is 0 Å². The standard InChI is InChI=1S/C27H28FN7OS/c1-3-22-26(32(2)27-31-23(18-37-27)19-4-6-20(28)7-5-19)35-16-21(8-9-24(35)30-22)34-13-11-33(12-14-34)17-25-29-10-15-36-25/h4-10,15-16,18H,3,11-14,17H2,1-2H3. The zero-order valence-corrected chi connectivity index (χ0v) is 21.7. The van der Waals surface area contributed by atoms with Crippen LogP contribution in [0.15, 0.2) is 64.9 Å². The molecule has 6 rings (SSSR count). The van der Waals surface area contributed by atoms with Gasteiger partial charge in [-0.25, -0.2) is 19.3 Å². The van der Waals surface area contributed by atoms with Gasteiger partial charge in [0.2, 0.25) is 5.89 Å². The summed E-state index contributed by atoms with van der Waals surface area (Å²) in [5.41, 5.74) is 4.84. The summed E-state index contributed by atoms with van der Waals surface area (Å²) >= 11 is 1.57. The van der Waals surface area contributed by atoms with Crippen molar-refractivity contribution in [2.24, 2.45) is 0 Å². The van der Waals surface area contributed by atoms with E-state index in [4.69, 9.17) is 14.4 Å². The Morgan fingerprint density at radius 1 is 1.05 bits per heavy atom. The van der Waals surface area contributed by atoms with Gasteiger partial charge in [0, 0.05) is 50.4 Å². The fraction of sp³-hybridized carbons (Fsp3) is 0.296. The van der Waals surface area contributed by atoms with Gasteiger partial charge in [-0.1, -0.05) is 6.92 Å². The Morgan fingerprint density at radius 2 is 1.86 bits per heavy atom. The van der Waals surface area contributed by atoms with Gasteiger partial charge in [-0.15, -0.1) is 11.3 Å². The second-order valence-electron chi connectivity index (χ2n) is 9.12. The molecule has 37 heavy (non-hydrogen) atoms. The van der Waals surface area contributed by atoms with E-state index in [2.05, 4.69) is 49.3 Å². The van der Waals surface area contributed by atoms with Crippen molar-refractivity contribution < 1.29 is 8.81 Å². The summed E-state index contributed by atoms with van der Waals surface area (Å²) in [6.45, 7) is 6.62. The number of hydrogen-bond donors (Lipinski definition) is 0. The Kier molecular flexibility index (Phi) is 6.35. The summed E-state index contributed by atoms with van der Waals surface area (Å²) in [4.78, 5) is 20.9. The van der Waals surface area contributed by atoms with E-state index in [9.17, 15) is 4.39 Å². The molecule has 1 fully saturated rings. The third kappa shape index (κ3) is 4.70. The number of imidazole rings is 1. The number of anilines is 3. The fourth-order valence-electron chi connectivity index (χ4n) is 4.80. The lowest BCUT2D eigenvalue weighted by Crippen LogP contribution is -2.46. The first-order valence-electron chi connectivity index (χ1n) is 12.4. The van der Waals surface area contributed by atoms with Gasteiger partial charge in [-0.2, -0.15) is 0 Å². The first-order valence-corrected chi connectivity index (χ1v) is 13.3. The molecule has 0 radical (unpaired) electrons. The zero-order valence-electron chi connectivity index (χ0n) is 20.8. The second kappa shape index (κ2) is 9.95. The van der Waals surface area contributed by atoms with Crippen molar-refractivity contribution in [1.29, 1.82) is 0 Å². The number of pyridine rings is 1. The molecule has 0 atom stereocenters. The van der Waals surface area contributed by atoms with Crippen molar-refractivity contribution in [3.05, 3.63) is 77.8 Å². The molecule has 0 spiro atoms. The van der Waals surface area contributed by atoms with Gasteiger partial charge in [-0.3, -0.25) is 9.30 Å². The lowest BCUT2D eigenvalue weighted by atomic mass is 10.2. The Bertz CT molecular complexity index is 1490. The number of halogens is 1. The van der Waals surface area contributed by atoms with E-state index in [1.54, 1.807) is 35.9 Å². The minimum atomic E-state index is -0.249. The van der Waals surface area contributed by atoms with Gasteiger partial charge in [0.05, 0.1) is 29.8 Å². The Balaban J connectivity index is 1.25. The van der Waals surface area contributed by atoms with Crippen LogP contribution in [-0.4, -0.2) is 57.5 Å². The van der Waals surface area contributed by atoms with E-state index in [1.165, 1.54) is 17.8 Å². The molecular formula is C27H28FN7OS. The number of oxazole rings is 1. The maximum Gasteiger partial charge on any atom is 0.208 e. The molecule has 1 aromatic carbocycles. The molecule has 5 heterocycles. The largest absolute Gasteiger partial charge is 0.448 e. The lowest BCUT2D eigenvalue weighted by molar-refractivity contribution is 0.226. The third-order valence-corrected chi connectivity index (χ3v) is 7.72. The van der Waals surface area contributed by atoms with Crippen molar-refractivity contribution in [3.63, 3.8) is 0 Å². The van der Waals surface area contributed by atoms with Crippen LogP contribution < -0.4 is 9.80 Å². The number of aryl methyl sites for hydroxylation is 1. The van der Waals surface area contributed by atoms with Crippen LogP contribution in [0, 0.1) is 5.82 Å². The average Bonchev–Trinajstić information content (AvgIpc) is 3.69. The fourth-order valence-corrected chi connectivity index (χ4v) is 5.60. The average molecular weight is 518 g/mol. The highest BCUT2D eigenvalue weighted by molar-refractivity contribution is 7.14. The highest BCUT2D eigenvalue weighted by atomic mass is 32.1. The molecule has 5 aromatic rings. The van der Waals surface area contributed by atoms with Crippen molar-refractivity contribution in [2.45, 2.75) is 19.9 Å². The van der Waals surface area contributed by atoms with Crippen molar-refractivity contribution in [3.8, 4) is 11.3 Å². The van der Waals surface area contributed by atoms with Gasteiger partial charge in [0.1, 0.15) is 23.5 Å². The molecule has 0 N–H and O–H groups in total. The van der Waals surface area contributed by atoms with Crippen molar-refractivity contribution in [2.75, 3.05) is 43.0 Å². The molecule has 190 valence electrons. The van der Waals surface area contributed by atoms with E-state index in [0.29, 0.717) is 0 Å². The molecule has 4 aromatic heterocycles. The van der Waals surface area contributed by atoms with E-state index in [0.717, 1.165) is 78.6 Å². The van der Waals surface area contributed by atoms with Gasteiger partial charge in [0.15, 0.2) is 5.13 Å². The van der Waals surface area contributed by atoms with Crippen LogP contribution in [0.5, 0.6) is 0 Å². The summed E-state index contributed by atoms with van der Waals surface area (Å²) < 4.78 is 21.0. The van der Waals surface area contributed by atoms with Gasteiger partial charge >= 0.3 is 0 Å². The highest BCUT2D eigenvalue weighted by Gasteiger charge is 2.22. The number of rotatable bonds is 7. The summed E-state index contributed by atoms with van der Waals surface area (Å²) in [5.74, 6) is 1.53. The minimum absolute atomic E-state index is 0.249. The monoisotopic (exact) mass is 517 g/mol. The SMILES string of the molecule is CCc1nc2ccc(N3CCN(Cc4ncco4)CC3)cn2c1N(C)c1nc(-c2ccc(F)cc2)cs1. The number of benzene rings is 1. The quantitative estimate of drug-likeness (QED) is 0.293. The Morgan fingerprint density at radius 3 is 2.59 bits per heavy atom. The predicted octanol–water partition coefficient (Wildman–Crippen LogP) is 5.24. The number of fused-ring (bicyclic) bond motifs is 1. The molecule has 0 unspecified atom stereocenters. The van der Waals surface area contributed by atoms with Gasteiger partial charge < -0.3 is 14.2 Å². The Hall–Kier alpha value is -3.76. The van der Waals surface area contributed by atoms with E-state index < -0.39 is 0 Å². The highest BCUT2D eigenvalue weighted by Crippen LogP contribution is 2.34. The number of piperazine rings is 1. The van der Waals surface area contributed by atoms with Gasteiger partial charge in [-0.05, 0) is 42.8 Å². The predicted molar refractivity (Wildman–Crippen MR) is 144 cm³/mol. The number of aromatic nitrogens is 4.